The Morgan fingerprint density at radius 2 is 1.82 bits per heavy atom. The number of nitrogens with zero attached hydrogens (tertiary/aromatic N) is 3. The number of alkyl halides is 1. The van der Waals surface area contributed by atoms with Crippen molar-refractivity contribution in [2.24, 2.45) is 0 Å². The minimum Gasteiger partial charge on any atom is -0.497 e. The molecular formula is C12H14ClN3O. The molecule has 2 aromatic rings. The summed E-state index contributed by atoms with van der Waals surface area (Å²) < 4.78 is 7.11. The van der Waals surface area contributed by atoms with Gasteiger partial charge in [0.1, 0.15) is 11.6 Å². The van der Waals surface area contributed by atoms with Gasteiger partial charge in [-0.25, -0.2) is 0 Å². The fourth-order valence-corrected chi connectivity index (χ4v) is 1.87. The first-order valence-electron chi connectivity index (χ1n) is 5.43. The minimum absolute atomic E-state index is 0.346. The van der Waals surface area contributed by atoms with Crippen LogP contribution in [0.5, 0.6) is 5.75 Å². The molecule has 0 saturated heterocycles. The summed E-state index contributed by atoms with van der Waals surface area (Å²) in [5.74, 6) is 2.84. The van der Waals surface area contributed by atoms with Crippen molar-refractivity contribution in [3.05, 3.63) is 35.9 Å². The van der Waals surface area contributed by atoms with E-state index in [1.165, 1.54) is 0 Å². The molecule has 0 N–H and O–H groups in total. The summed E-state index contributed by atoms with van der Waals surface area (Å²) in [7, 11) is 1.65. The zero-order valence-electron chi connectivity index (χ0n) is 9.85. The van der Waals surface area contributed by atoms with E-state index in [1.54, 1.807) is 7.11 Å². The highest BCUT2D eigenvalue weighted by atomic mass is 35.5. The molecule has 0 aliphatic carbocycles. The molecule has 0 fully saturated rings. The van der Waals surface area contributed by atoms with Gasteiger partial charge >= 0.3 is 0 Å². The Bertz CT molecular complexity index is 471. The fourth-order valence-electron chi connectivity index (χ4n) is 1.70. The molecule has 1 aromatic heterocycles. The Labute approximate surface area is 105 Å². The van der Waals surface area contributed by atoms with Crippen molar-refractivity contribution in [1.29, 1.82) is 0 Å². The second kappa shape index (κ2) is 5.19. The zero-order valence-corrected chi connectivity index (χ0v) is 10.6. The Morgan fingerprint density at radius 3 is 2.35 bits per heavy atom. The molecule has 0 saturated carbocycles. The second-order valence-electron chi connectivity index (χ2n) is 3.55. The van der Waals surface area contributed by atoms with Gasteiger partial charge in [-0.1, -0.05) is 6.92 Å². The van der Waals surface area contributed by atoms with Gasteiger partial charge in [0.2, 0.25) is 0 Å². The van der Waals surface area contributed by atoms with Gasteiger partial charge in [-0.15, -0.1) is 21.8 Å². The van der Waals surface area contributed by atoms with E-state index < -0.39 is 0 Å². The van der Waals surface area contributed by atoms with Gasteiger partial charge in [0, 0.05) is 12.1 Å². The van der Waals surface area contributed by atoms with Crippen molar-refractivity contribution in [3.8, 4) is 11.4 Å². The van der Waals surface area contributed by atoms with Gasteiger partial charge in [0.05, 0.1) is 13.0 Å². The van der Waals surface area contributed by atoms with E-state index in [0.29, 0.717) is 5.88 Å². The van der Waals surface area contributed by atoms with E-state index in [4.69, 9.17) is 16.3 Å². The zero-order chi connectivity index (χ0) is 12.3. The number of ether oxygens (including phenoxy) is 1. The quantitative estimate of drug-likeness (QED) is 0.784. The molecule has 0 unspecified atom stereocenters. The van der Waals surface area contributed by atoms with Crippen LogP contribution in [0.4, 0.5) is 0 Å². The van der Waals surface area contributed by atoms with Gasteiger partial charge in [-0.05, 0) is 24.3 Å². The Hall–Kier alpha value is -1.55. The van der Waals surface area contributed by atoms with Crippen molar-refractivity contribution in [3.63, 3.8) is 0 Å². The molecule has 0 amide bonds. The number of methoxy groups -OCH3 is 1. The minimum atomic E-state index is 0.346. The molecule has 4 nitrogen and oxygen atoms in total. The lowest BCUT2D eigenvalue weighted by atomic mass is 10.3. The predicted octanol–water partition coefficient (Wildman–Crippen LogP) is 2.58. The largest absolute Gasteiger partial charge is 0.497 e. The number of aromatic nitrogens is 3. The molecule has 17 heavy (non-hydrogen) atoms. The lowest BCUT2D eigenvalue weighted by Gasteiger charge is -2.09. The molecule has 0 atom stereocenters. The van der Waals surface area contributed by atoms with Gasteiger partial charge in [-0.2, -0.15) is 0 Å². The van der Waals surface area contributed by atoms with E-state index in [-0.39, 0.29) is 0 Å². The maximum Gasteiger partial charge on any atom is 0.152 e. The predicted molar refractivity (Wildman–Crippen MR) is 66.8 cm³/mol. The van der Waals surface area contributed by atoms with Crippen molar-refractivity contribution in [2.75, 3.05) is 7.11 Å². The topological polar surface area (TPSA) is 39.9 Å². The highest BCUT2D eigenvalue weighted by molar-refractivity contribution is 6.16. The van der Waals surface area contributed by atoms with Crippen LogP contribution >= 0.6 is 11.6 Å². The summed E-state index contributed by atoms with van der Waals surface area (Å²) in [6, 6.07) is 7.76. The number of hydrogen-bond acceptors (Lipinski definition) is 3. The van der Waals surface area contributed by atoms with E-state index in [9.17, 15) is 0 Å². The van der Waals surface area contributed by atoms with Crippen LogP contribution in [0, 0.1) is 0 Å². The molecule has 0 spiro atoms. The molecule has 0 aliphatic heterocycles. The lowest BCUT2D eigenvalue weighted by molar-refractivity contribution is 0.414. The molecule has 90 valence electrons. The third-order valence-corrected chi connectivity index (χ3v) is 2.80. The molecular weight excluding hydrogens is 238 g/mol. The molecule has 0 aliphatic rings. The number of hydrogen-bond donors (Lipinski definition) is 0. The van der Waals surface area contributed by atoms with E-state index in [2.05, 4.69) is 10.2 Å². The van der Waals surface area contributed by atoms with Crippen LogP contribution < -0.4 is 4.74 Å². The Morgan fingerprint density at radius 1 is 1.18 bits per heavy atom. The monoisotopic (exact) mass is 251 g/mol. The van der Waals surface area contributed by atoms with Crippen molar-refractivity contribution in [2.45, 2.75) is 19.2 Å². The Kier molecular flexibility index (Phi) is 3.64. The van der Waals surface area contributed by atoms with Crippen LogP contribution in [0.3, 0.4) is 0 Å². The van der Waals surface area contributed by atoms with E-state index >= 15 is 0 Å². The second-order valence-corrected chi connectivity index (χ2v) is 3.82. The Balaban J connectivity index is 2.46. The summed E-state index contributed by atoms with van der Waals surface area (Å²) in [5, 5.41) is 8.20. The van der Waals surface area contributed by atoms with Crippen molar-refractivity contribution in [1.82, 2.24) is 14.8 Å². The van der Waals surface area contributed by atoms with Crippen LogP contribution in [0.2, 0.25) is 0 Å². The van der Waals surface area contributed by atoms with Gasteiger partial charge in [-0.3, -0.25) is 4.57 Å². The average molecular weight is 252 g/mol. The number of halogens is 1. The summed E-state index contributed by atoms with van der Waals surface area (Å²) in [5.41, 5.74) is 1.00. The number of benzene rings is 1. The lowest BCUT2D eigenvalue weighted by Crippen LogP contribution is -2.03. The van der Waals surface area contributed by atoms with Crippen molar-refractivity contribution >= 4 is 11.6 Å². The number of rotatable bonds is 4. The smallest absolute Gasteiger partial charge is 0.152 e. The molecule has 1 aromatic carbocycles. The highest BCUT2D eigenvalue weighted by Crippen LogP contribution is 2.18. The van der Waals surface area contributed by atoms with Gasteiger partial charge < -0.3 is 4.74 Å². The van der Waals surface area contributed by atoms with Crippen LogP contribution in [0.15, 0.2) is 24.3 Å². The standard InChI is InChI=1S/C12H14ClN3O/c1-3-11-14-15-12(8-13)16(11)9-4-6-10(17-2)7-5-9/h4-7H,3,8H2,1-2H3. The maximum atomic E-state index is 5.86. The highest BCUT2D eigenvalue weighted by Gasteiger charge is 2.11. The van der Waals surface area contributed by atoms with Crippen molar-refractivity contribution < 1.29 is 4.74 Å². The van der Waals surface area contributed by atoms with E-state index in [1.807, 2.05) is 35.8 Å². The first-order valence-corrected chi connectivity index (χ1v) is 5.97. The van der Waals surface area contributed by atoms with Gasteiger partial charge in [0.25, 0.3) is 0 Å². The fraction of sp³-hybridized carbons (Fsp3) is 0.333. The summed E-state index contributed by atoms with van der Waals surface area (Å²) in [4.78, 5) is 0. The van der Waals surface area contributed by atoms with E-state index in [0.717, 1.165) is 29.5 Å². The average Bonchev–Trinajstić information content (AvgIpc) is 2.81. The summed E-state index contributed by atoms with van der Waals surface area (Å²) in [6.45, 7) is 2.04. The molecule has 0 radical (unpaired) electrons. The molecule has 2 rings (SSSR count). The summed E-state index contributed by atoms with van der Waals surface area (Å²) in [6.07, 6.45) is 0.815. The first-order chi connectivity index (χ1) is 8.30. The normalized spacial score (nSPS) is 10.5. The van der Waals surface area contributed by atoms with Crippen LogP contribution in [-0.2, 0) is 12.3 Å². The van der Waals surface area contributed by atoms with Crippen LogP contribution in [-0.4, -0.2) is 21.9 Å². The molecule has 5 heteroatoms. The first kappa shape index (κ1) is 11.9. The third kappa shape index (κ3) is 2.26. The van der Waals surface area contributed by atoms with Gasteiger partial charge in [0.15, 0.2) is 5.82 Å². The SMILES string of the molecule is CCc1nnc(CCl)n1-c1ccc(OC)cc1. The molecule has 0 bridgehead atoms. The number of aryl methyl sites for hydroxylation is 1. The third-order valence-electron chi connectivity index (χ3n) is 2.56. The summed E-state index contributed by atoms with van der Waals surface area (Å²) >= 11 is 5.86. The molecule has 1 heterocycles. The van der Waals surface area contributed by atoms with Crippen LogP contribution in [0.25, 0.3) is 5.69 Å². The maximum absolute atomic E-state index is 5.86. The van der Waals surface area contributed by atoms with Crippen LogP contribution in [0.1, 0.15) is 18.6 Å².